The van der Waals surface area contributed by atoms with Gasteiger partial charge in [0.25, 0.3) is 0 Å². The third-order valence-corrected chi connectivity index (χ3v) is 2.22. The van der Waals surface area contributed by atoms with Gasteiger partial charge in [-0.2, -0.15) is 0 Å². The van der Waals surface area contributed by atoms with Crippen LogP contribution < -0.4 is 4.74 Å². The second-order valence-electron chi connectivity index (χ2n) is 3.04. The molecule has 0 aliphatic rings. The predicted molar refractivity (Wildman–Crippen MR) is 57.7 cm³/mol. The number of hydrogen-bond donors (Lipinski definition) is 0. The molecule has 0 fully saturated rings. The number of rotatable bonds is 2. The Morgan fingerprint density at radius 2 is 1.93 bits per heavy atom. The first-order valence-electron chi connectivity index (χ1n) is 4.44. The molecular weight excluding hydrogens is 214 g/mol. The minimum absolute atomic E-state index is 0.253. The highest BCUT2D eigenvalue weighted by molar-refractivity contribution is 6.28. The maximum atomic E-state index is 5.71. The van der Waals surface area contributed by atoms with Crippen LogP contribution in [0.5, 0.6) is 5.75 Å². The summed E-state index contributed by atoms with van der Waals surface area (Å²) in [6.07, 6.45) is 0. The molecule has 0 spiro atoms. The number of nitrogens with zero attached hydrogens (tertiary/aromatic N) is 3. The molecular formula is C10H10ClN3O. The topological polar surface area (TPSA) is 39.9 Å². The highest BCUT2D eigenvalue weighted by Gasteiger charge is 2.05. The Bertz CT molecular complexity index is 464. The zero-order chi connectivity index (χ0) is 10.8. The van der Waals surface area contributed by atoms with E-state index in [1.165, 1.54) is 0 Å². The number of aromatic nitrogens is 3. The van der Waals surface area contributed by atoms with Crippen LogP contribution in [0, 0.1) is 6.92 Å². The van der Waals surface area contributed by atoms with Crippen molar-refractivity contribution < 1.29 is 4.74 Å². The molecule has 0 saturated carbocycles. The third-order valence-electron chi connectivity index (χ3n) is 2.06. The van der Waals surface area contributed by atoms with Crippen LogP contribution in [0.25, 0.3) is 5.69 Å². The molecule has 0 unspecified atom stereocenters. The molecule has 5 heteroatoms. The van der Waals surface area contributed by atoms with Crippen molar-refractivity contribution in [1.29, 1.82) is 0 Å². The zero-order valence-corrected chi connectivity index (χ0v) is 9.19. The average molecular weight is 224 g/mol. The van der Waals surface area contributed by atoms with Crippen LogP contribution in [0.4, 0.5) is 0 Å². The molecule has 2 rings (SSSR count). The first-order chi connectivity index (χ1) is 7.20. The number of methoxy groups -OCH3 is 1. The van der Waals surface area contributed by atoms with Crippen LogP contribution in [0.3, 0.4) is 0 Å². The largest absolute Gasteiger partial charge is 0.497 e. The first-order valence-corrected chi connectivity index (χ1v) is 4.82. The van der Waals surface area contributed by atoms with E-state index in [0.29, 0.717) is 0 Å². The molecule has 1 aromatic heterocycles. The molecule has 1 aromatic carbocycles. The molecule has 0 radical (unpaired) electrons. The van der Waals surface area contributed by atoms with E-state index in [1.54, 1.807) is 11.8 Å². The van der Waals surface area contributed by atoms with Gasteiger partial charge in [-0.25, -0.2) is 9.67 Å². The second kappa shape index (κ2) is 3.90. The van der Waals surface area contributed by atoms with Crippen LogP contribution in [-0.4, -0.2) is 21.9 Å². The minimum atomic E-state index is 0.253. The number of aryl methyl sites for hydroxylation is 1. The molecule has 1 heterocycles. The van der Waals surface area contributed by atoms with Gasteiger partial charge in [0.2, 0.25) is 5.28 Å². The molecule has 78 valence electrons. The van der Waals surface area contributed by atoms with Gasteiger partial charge in [-0.05, 0) is 42.8 Å². The maximum absolute atomic E-state index is 5.71. The van der Waals surface area contributed by atoms with Gasteiger partial charge in [-0.1, -0.05) is 0 Å². The smallest absolute Gasteiger partial charge is 0.243 e. The molecule has 0 N–H and O–H groups in total. The Morgan fingerprint density at radius 1 is 1.27 bits per heavy atom. The highest BCUT2D eigenvalue weighted by Crippen LogP contribution is 2.16. The maximum Gasteiger partial charge on any atom is 0.243 e. The van der Waals surface area contributed by atoms with Crippen molar-refractivity contribution in [2.75, 3.05) is 7.11 Å². The predicted octanol–water partition coefficient (Wildman–Crippen LogP) is 2.24. The summed E-state index contributed by atoms with van der Waals surface area (Å²) in [6.45, 7) is 1.85. The van der Waals surface area contributed by atoms with E-state index >= 15 is 0 Å². The van der Waals surface area contributed by atoms with Crippen LogP contribution >= 0.6 is 11.6 Å². The Balaban J connectivity index is 2.41. The van der Waals surface area contributed by atoms with Crippen molar-refractivity contribution in [2.24, 2.45) is 0 Å². The van der Waals surface area contributed by atoms with Crippen molar-refractivity contribution >= 4 is 11.6 Å². The molecule has 15 heavy (non-hydrogen) atoms. The van der Waals surface area contributed by atoms with Gasteiger partial charge >= 0.3 is 0 Å². The summed E-state index contributed by atoms with van der Waals surface area (Å²) in [4.78, 5) is 4.02. The standard InChI is InChI=1S/C10H10ClN3O/c1-7-12-10(11)13-14(7)8-3-5-9(15-2)6-4-8/h3-6H,1-2H3. The van der Waals surface area contributed by atoms with Crippen LogP contribution in [-0.2, 0) is 0 Å². The Morgan fingerprint density at radius 3 is 2.40 bits per heavy atom. The molecule has 0 atom stereocenters. The SMILES string of the molecule is COc1ccc(-n2nc(Cl)nc2C)cc1. The summed E-state index contributed by atoms with van der Waals surface area (Å²) in [7, 11) is 1.63. The van der Waals surface area contributed by atoms with Crippen LogP contribution in [0.1, 0.15) is 5.82 Å². The van der Waals surface area contributed by atoms with E-state index in [9.17, 15) is 0 Å². The average Bonchev–Trinajstić information content (AvgIpc) is 2.58. The molecule has 2 aromatic rings. The molecule has 0 saturated heterocycles. The van der Waals surface area contributed by atoms with Crippen molar-refractivity contribution in [2.45, 2.75) is 6.92 Å². The van der Waals surface area contributed by atoms with Crippen molar-refractivity contribution in [3.05, 3.63) is 35.4 Å². The lowest BCUT2D eigenvalue weighted by molar-refractivity contribution is 0.414. The summed E-state index contributed by atoms with van der Waals surface area (Å²) in [6, 6.07) is 7.53. The fourth-order valence-corrected chi connectivity index (χ4v) is 1.52. The summed E-state index contributed by atoms with van der Waals surface area (Å²) in [5.74, 6) is 1.56. The lowest BCUT2D eigenvalue weighted by Crippen LogP contribution is -1.98. The lowest BCUT2D eigenvalue weighted by atomic mass is 10.3. The van der Waals surface area contributed by atoms with Gasteiger partial charge in [0.05, 0.1) is 12.8 Å². The van der Waals surface area contributed by atoms with E-state index in [0.717, 1.165) is 17.3 Å². The van der Waals surface area contributed by atoms with Gasteiger partial charge in [-0.15, -0.1) is 5.10 Å². The summed E-state index contributed by atoms with van der Waals surface area (Å²) in [5, 5.41) is 4.32. The van der Waals surface area contributed by atoms with E-state index in [4.69, 9.17) is 16.3 Å². The number of ether oxygens (including phenoxy) is 1. The molecule has 0 amide bonds. The van der Waals surface area contributed by atoms with Crippen molar-refractivity contribution in [3.8, 4) is 11.4 Å². The van der Waals surface area contributed by atoms with Crippen LogP contribution in [0.2, 0.25) is 5.28 Å². The van der Waals surface area contributed by atoms with Gasteiger partial charge in [0, 0.05) is 0 Å². The van der Waals surface area contributed by atoms with Crippen molar-refractivity contribution in [3.63, 3.8) is 0 Å². The Hall–Kier alpha value is -1.55. The molecule has 0 aliphatic carbocycles. The summed E-state index contributed by atoms with van der Waals surface area (Å²) < 4.78 is 6.75. The van der Waals surface area contributed by atoms with Gasteiger partial charge < -0.3 is 4.74 Å². The normalized spacial score (nSPS) is 10.3. The van der Waals surface area contributed by atoms with Crippen LogP contribution in [0.15, 0.2) is 24.3 Å². The lowest BCUT2D eigenvalue weighted by Gasteiger charge is -2.03. The zero-order valence-electron chi connectivity index (χ0n) is 8.44. The second-order valence-corrected chi connectivity index (χ2v) is 3.38. The van der Waals surface area contributed by atoms with Gasteiger partial charge in [0.1, 0.15) is 11.6 Å². The van der Waals surface area contributed by atoms with E-state index in [2.05, 4.69) is 10.1 Å². The van der Waals surface area contributed by atoms with E-state index in [-0.39, 0.29) is 5.28 Å². The summed E-state index contributed by atoms with van der Waals surface area (Å²) in [5.41, 5.74) is 0.910. The first kappa shape index (κ1) is 9.98. The van der Waals surface area contributed by atoms with E-state index < -0.39 is 0 Å². The third kappa shape index (κ3) is 1.94. The molecule has 4 nitrogen and oxygen atoms in total. The monoisotopic (exact) mass is 223 g/mol. The fraction of sp³-hybridized carbons (Fsp3) is 0.200. The molecule has 0 aliphatic heterocycles. The number of halogens is 1. The number of benzene rings is 1. The highest BCUT2D eigenvalue weighted by atomic mass is 35.5. The van der Waals surface area contributed by atoms with E-state index in [1.807, 2.05) is 31.2 Å². The minimum Gasteiger partial charge on any atom is -0.497 e. The molecule has 0 bridgehead atoms. The van der Waals surface area contributed by atoms with Crippen molar-refractivity contribution in [1.82, 2.24) is 14.8 Å². The fourth-order valence-electron chi connectivity index (χ4n) is 1.33. The quantitative estimate of drug-likeness (QED) is 0.784. The van der Waals surface area contributed by atoms with Gasteiger partial charge in [-0.3, -0.25) is 0 Å². The Kier molecular flexibility index (Phi) is 2.60. The summed E-state index contributed by atoms with van der Waals surface area (Å²) >= 11 is 5.71. The Labute approximate surface area is 92.5 Å². The number of hydrogen-bond acceptors (Lipinski definition) is 3. The van der Waals surface area contributed by atoms with Gasteiger partial charge in [0.15, 0.2) is 0 Å².